The maximum Gasteiger partial charge on any atom is -0.00242 e. The third kappa shape index (κ3) is 3.27. The minimum Gasteiger partial charge on any atom is -0.0930 e. The van der Waals surface area contributed by atoms with E-state index in [-0.39, 0.29) is 0 Å². The molecule has 0 amide bonds. The molecule has 20 heavy (non-hydrogen) atoms. The molecule has 2 fully saturated rings. The van der Waals surface area contributed by atoms with E-state index in [1.807, 2.05) is 0 Å². The molecule has 2 rings (SSSR count). The first-order valence-corrected chi connectivity index (χ1v) is 12.3. The molecule has 2 heteroatoms. The van der Waals surface area contributed by atoms with Gasteiger partial charge >= 0.3 is 0 Å². The smallest absolute Gasteiger partial charge is 0.00242 e. The zero-order valence-electron chi connectivity index (χ0n) is 14.4. The van der Waals surface area contributed by atoms with E-state index in [9.17, 15) is 0 Å². The van der Waals surface area contributed by atoms with Crippen LogP contribution in [0, 0.1) is 0 Å². The van der Waals surface area contributed by atoms with E-state index >= 15 is 0 Å². The summed E-state index contributed by atoms with van der Waals surface area (Å²) < 4.78 is 0. The predicted octanol–water partition coefficient (Wildman–Crippen LogP) is 7.00. The molecule has 0 aromatic rings. The highest BCUT2D eigenvalue weighted by Gasteiger charge is 2.45. The second-order valence-electron chi connectivity index (χ2n) is 6.93. The Kier molecular flexibility index (Phi) is 6.82. The summed E-state index contributed by atoms with van der Waals surface area (Å²) in [5.74, 6) is 0. The van der Waals surface area contributed by atoms with Crippen molar-refractivity contribution < 1.29 is 0 Å². The molecule has 2 saturated heterocycles. The Morgan fingerprint density at radius 3 is 1.10 bits per heavy atom. The van der Waals surface area contributed by atoms with Crippen LogP contribution in [-0.4, -0.2) is 28.0 Å². The molecule has 2 aliphatic rings. The van der Waals surface area contributed by atoms with E-state index in [1.165, 1.54) is 25.7 Å². The maximum atomic E-state index is 2.70. The van der Waals surface area contributed by atoms with E-state index < -0.39 is 0 Å². The van der Waals surface area contributed by atoms with Gasteiger partial charge in [-0.15, -0.1) is 0 Å². The Morgan fingerprint density at radius 2 is 0.900 bits per heavy atom. The normalized spacial score (nSPS) is 43.0. The molecule has 0 N–H and O–H groups in total. The van der Waals surface area contributed by atoms with Gasteiger partial charge in [0, 0.05) is 0 Å². The summed E-state index contributed by atoms with van der Waals surface area (Å²) in [5.41, 5.74) is 4.46. The summed E-state index contributed by atoms with van der Waals surface area (Å²) in [4.78, 5) is 0. The molecule has 0 saturated carbocycles. The average Bonchev–Trinajstić information content (AvgIpc) is 3.08. The van der Waals surface area contributed by atoms with Gasteiger partial charge in [-0.25, -0.2) is 0 Å². The SMILES string of the molecule is CCC1CC[C@H](CC)P1C(C)P1C(CC)CC[C@@H]1CC. The quantitative estimate of drug-likeness (QED) is 0.463. The Hall–Kier alpha value is 0.860. The van der Waals surface area contributed by atoms with Gasteiger partial charge in [-0.05, 0) is 79.4 Å². The lowest BCUT2D eigenvalue weighted by Crippen LogP contribution is -2.18. The van der Waals surface area contributed by atoms with Crippen molar-refractivity contribution in [2.24, 2.45) is 0 Å². The lowest BCUT2D eigenvalue weighted by Gasteiger charge is -2.39. The van der Waals surface area contributed by atoms with Crippen molar-refractivity contribution in [3.8, 4) is 0 Å². The van der Waals surface area contributed by atoms with Gasteiger partial charge in [0.1, 0.15) is 0 Å². The minimum absolute atomic E-state index is 0.320. The molecule has 0 spiro atoms. The van der Waals surface area contributed by atoms with Crippen molar-refractivity contribution in [3.63, 3.8) is 0 Å². The van der Waals surface area contributed by atoms with Crippen LogP contribution in [0.25, 0.3) is 0 Å². The zero-order chi connectivity index (χ0) is 14.7. The second kappa shape index (κ2) is 7.92. The first-order chi connectivity index (χ1) is 9.67. The maximum absolute atomic E-state index is 2.70. The van der Waals surface area contributed by atoms with Crippen molar-refractivity contribution in [2.75, 3.05) is 0 Å². The van der Waals surface area contributed by atoms with E-state index in [1.54, 1.807) is 25.7 Å². The lowest BCUT2D eigenvalue weighted by atomic mass is 10.1. The summed E-state index contributed by atoms with van der Waals surface area (Å²) in [7, 11) is 0.639. The molecule has 0 aromatic carbocycles. The monoisotopic (exact) mass is 314 g/mol. The van der Waals surface area contributed by atoms with Gasteiger partial charge in [0.25, 0.3) is 0 Å². The van der Waals surface area contributed by atoms with Crippen molar-refractivity contribution in [1.29, 1.82) is 0 Å². The third-order valence-corrected chi connectivity index (χ3v) is 15.3. The van der Waals surface area contributed by atoms with E-state index in [0.717, 1.165) is 28.0 Å². The number of rotatable bonds is 6. The molecule has 0 radical (unpaired) electrons. The summed E-state index contributed by atoms with van der Waals surface area (Å²) in [5, 5.41) is 1.11. The molecule has 0 aromatic heterocycles. The largest absolute Gasteiger partial charge is 0.0930 e. The summed E-state index contributed by atoms with van der Waals surface area (Å²) in [6, 6.07) is 0. The van der Waals surface area contributed by atoms with Crippen molar-refractivity contribution in [2.45, 2.75) is 114 Å². The first-order valence-electron chi connectivity index (χ1n) is 9.22. The number of hydrogen-bond donors (Lipinski definition) is 0. The Balaban J connectivity index is 2.16. The molecule has 0 bridgehead atoms. The Labute approximate surface area is 130 Å². The molecule has 2 heterocycles. The number of hydrogen-bond acceptors (Lipinski definition) is 0. The fourth-order valence-corrected chi connectivity index (χ4v) is 15.6. The third-order valence-electron chi connectivity index (χ3n) is 6.10. The predicted molar refractivity (Wildman–Crippen MR) is 98.1 cm³/mol. The average molecular weight is 314 g/mol. The van der Waals surface area contributed by atoms with Gasteiger partial charge in [-0.3, -0.25) is 0 Å². The van der Waals surface area contributed by atoms with Crippen molar-refractivity contribution in [1.82, 2.24) is 0 Å². The van der Waals surface area contributed by atoms with E-state index in [4.69, 9.17) is 0 Å². The van der Waals surface area contributed by atoms with Crippen LogP contribution in [0.5, 0.6) is 0 Å². The highest BCUT2D eigenvalue weighted by Crippen LogP contribution is 2.74. The Bertz CT molecular complexity index is 239. The molecule has 118 valence electrons. The van der Waals surface area contributed by atoms with Gasteiger partial charge in [-0.2, -0.15) is 0 Å². The molecule has 2 aliphatic heterocycles. The van der Waals surface area contributed by atoms with E-state index in [2.05, 4.69) is 34.6 Å². The van der Waals surface area contributed by atoms with Crippen molar-refractivity contribution >= 4 is 15.8 Å². The summed E-state index contributed by atoms with van der Waals surface area (Å²) in [6.07, 6.45) is 12.1. The highest BCUT2D eigenvalue weighted by molar-refractivity contribution is 7.77. The van der Waals surface area contributed by atoms with Crippen LogP contribution in [0.2, 0.25) is 0 Å². The van der Waals surface area contributed by atoms with Gasteiger partial charge in [0.05, 0.1) is 0 Å². The first kappa shape index (κ1) is 17.2. The van der Waals surface area contributed by atoms with Crippen LogP contribution < -0.4 is 0 Å². The lowest BCUT2D eigenvalue weighted by molar-refractivity contribution is 0.696. The second-order valence-corrected chi connectivity index (χ2v) is 13.6. The fraction of sp³-hybridized carbons (Fsp3) is 1.00. The van der Waals surface area contributed by atoms with Gasteiger partial charge in [0.2, 0.25) is 0 Å². The minimum atomic E-state index is 0.320. The topological polar surface area (TPSA) is 0 Å². The molecular weight excluding hydrogens is 278 g/mol. The van der Waals surface area contributed by atoms with Crippen LogP contribution in [0.3, 0.4) is 0 Å². The Morgan fingerprint density at radius 1 is 0.650 bits per heavy atom. The van der Waals surface area contributed by atoms with Gasteiger partial charge < -0.3 is 0 Å². The van der Waals surface area contributed by atoms with Crippen LogP contribution >= 0.6 is 15.8 Å². The molecule has 6 atom stereocenters. The van der Waals surface area contributed by atoms with Crippen LogP contribution in [0.4, 0.5) is 0 Å². The van der Waals surface area contributed by atoms with Crippen LogP contribution in [0.1, 0.15) is 86.0 Å². The van der Waals surface area contributed by atoms with E-state index in [0.29, 0.717) is 15.8 Å². The molecule has 0 nitrogen and oxygen atoms in total. The van der Waals surface area contributed by atoms with Gasteiger partial charge in [-0.1, -0.05) is 50.5 Å². The highest BCUT2D eigenvalue weighted by atomic mass is 31.2. The van der Waals surface area contributed by atoms with Crippen LogP contribution in [-0.2, 0) is 0 Å². The van der Waals surface area contributed by atoms with Crippen LogP contribution in [0.15, 0.2) is 0 Å². The zero-order valence-corrected chi connectivity index (χ0v) is 16.2. The van der Waals surface area contributed by atoms with Crippen molar-refractivity contribution in [3.05, 3.63) is 0 Å². The summed E-state index contributed by atoms with van der Waals surface area (Å²) >= 11 is 0. The molecule has 0 aliphatic carbocycles. The molecule has 4 unspecified atom stereocenters. The fourth-order valence-electron chi connectivity index (χ4n) is 5.00. The standard InChI is InChI=1S/C18H36P2/c1-6-15-10-11-16(7-2)19(15)14(5)20-17(8-3)12-13-18(20)9-4/h14-18H,6-13H2,1-5H3/t14?,15-,16?,17-,18?,19?,20?/m0/s1. The summed E-state index contributed by atoms with van der Waals surface area (Å²) in [6.45, 7) is 12.5. The molecular formula is C18H36P2. The van der Waals surface area contributed by atoms with Gasteiger partial charge in [0.15, 0.2) is 0 Å².